The van der Waals surface area contributed by atoms with E-state index in [1.165, 1.54) is 6.20 Å². The molecule has 3 heterocycles. The highest BCUT2D eigenvalue weighted by Gasteiger charge is 2.26. The number of aromatic amines is 1. The zero-order chi connectivity index (χ0) is 19.5. The van der Waals surface area contributed by atoms with Crippen LogP contribution in [0.4, 0.5) is 10.2 Å². The molecular weight excluding hydrogens is 385 g/mol. The van der Waals surface area contributed by atoms with Crippen LogP contribution in [0.25, 0.3) is 22.4 Å². The van der Waals surface area contributed by atoms with Crippen LogP contribution in [0, 0.1) is 11.7 Å². The fraction of sp³-hybridized carbons (Fsp3) is 0.421. The van der Waals surface area contributed by atoms with E-state index in [0.717, 1.165) is 31.1 Å². The molecule has 3 N–H and O–H groups in total. The third kappa shape index (κ3) is 3.94. The number of hydrogen-bond acceptors (Lipinski definition) is 6. The van der Waals surface area contributed by atoms with Gasteiger partial charge in [-0.25, -0.2) is 19.3 Å². The molecule has 148 valence electrons. The molecule has 7 nitrogen and oxygen atoms in total. The third-order valence-electron chi connectivity index (χ3n) is 5.14. The summed E-state index contributed by atoms with van der Waals surface area (Å²) in [5.41, 5.74) is 1.37. The molecule has 28 heavy (non-hydrogen) atoms. The molecule has 0 saturated heterocycles. The van der Waals surface area contributed by atoms with Crippen LogP contribution < -0.4 is 5.32 Å². The molecule has 2 atom stereocenters. The SMILES string of the molecule is OCOCC1CCCC[C@H]1Nc1nc(-c2c[nH]c3ncc(Cl)cc23)ncc1F. The summed E-state index contributed by atoms with van der Waals surface area (Å²) >= 11 is 6.06. The van der Waals surface area contributed by atoms with Crippen LogP contribution in [0.15, 0.2) is 24.7 Å². The van der Waals surface area contributed by atoms with Crippen molar-refractivity contribution in [2.75, 3.05) is 18.7 Å². The first-order valence-corrected chi connectivity index (χ1v) is 9.64. The molecule has 3 aromatic heterocycles. The average Bonchev–Trinajstić information content (AvgIpc) is 3.12. The Hall–Kier alpha value is -2.29. The zero-order valence-electron chi connectivity index (χ0n) is 15.2. The number of ether oxygens (including phenoxy) is 1. The van der Waals surface area contributed by atoms with E-state index in [0.29, 0.717) is 28.7 Å². The Morgan fingerprint density at radius 2 is 2.14 bits per heavy atom. The van der Waals surface area contributed by atoms with E-state index in [1.54, 1.807) is 18.5 Å². The van der Waals surface area contributed by atoms with Crippen LogP contribution in [0.3, 0.4) is 0 Å². The van der Waals surface area contributed by atoms with Gasteiger partial charge in [0.05, 0.1) is 17.8 Å². The fourth-order valence-corrected chi connectivity index (χ4v) is 3.90. The van der Waals surface area contributed by atoms with Crippen LogP contribution in [0.5, 0.6) is 0 Å². The van der Waals surface area contributed by atoms with Gasteiger partial charge in [-0.3, -0.25) is 0 Å². The average molecular weight is 406 g/mol. The van der Waals surface area contributed by atoms with Crippen molar-refractivity contribution in [2.45, 2.75) is 31.7 Å². The van der Waals surface area contributed by atoms with Gasteiger partial charge in [0.15, 0.2) is 17.5 Å². The van der Waals surface area contributed by atoms with E-state index < -0.39 is 5.82 Å². The number of rotatable bonds is 6. The Balaban J connectivity index is 1.62. The molecule has 0 radical (unpaired) electrons. The Morgan fingerprint density at radius 1 is 1.29 bits per heavy atom. The van der Waals surface area contributed by atoms with E-state index >= 15 is 0 Å². The topological polar surface area (TPSA) is 96.0 Å². The van der Waals surface area contributed by atoms with Gasteiger partial charge >= 0.3 is 0 Å². The maximum Gasteiger partial charge on any atom is 0.183 e. The summed E-state index contributed by atoms with van der Waals surface area (Å²) in [6.07, 6.45) is 8.47. The molecule has 0 amide bonds. The van der Waals surface area contributed by atoms with Gasteiger partial charge in [-0.15, -0.1) is 0 Å². The lowest BCUT2D eigenvalue weighted by atomic mass is 9.85. The smallest absolute Gasteiger partial charge is 0.183 e. The number of H-pyrrole nitrogens is 1. The second kappa shape index (κ2) is 8.38. The number of aromatic nitrogens is 4. The van der Waals surface area contributed by atoms with E-state index in [-0.39, 0.29) is 24.6 Å². The summed E-state index contributed by atoms with van der Waals surface area (Å²) < 4.78 is 19.6. The number of hydrogen-bond donors (Lipinski definition) is 3. The van der Waals surface area contributed by atoms with Crippen LogP contribution in [-0.4, -0.2) is 44.5 Å². The van der Waals surface area contributed by atoms with Crippen molar-refractivity contribution in [1.29, 1.82) is 0 Å². The second-order valence-corrected chi connectivity index (χ2v) is 7.37. The molecule has 9 heteroatoms. The van der Waals surface area contributed by atoms with E-state index in [9.17, 15) is 4.39 Å². The zero-order valence-corrected chi connectivity index (χ0v) is 15.9. The lowest BCUT2D eigenvalue weighted by Gasteiger charge is -2.32. The summed E-state index contributed by atoms with van der Waals surface area (Å²) in [4.78, 5) is 15.9. The first-order valence-electron chi connectivity index (χ1n) is 9.26. The second-order valence-electron chi connectivity index (χ2n) is 6.94. The maximum atomic E-state index is 14.4. The number of fused-ring (bicyclic) bond motifs is 1. The Morgan fingerprint density at radius 3 is 3.00 bits per heavy atom. The van der Waals surface area contributed by atoms with E-state index in [2.05, 4.69) is 25.3 Å². The number of nitrogens with one attached hydrogen (secondary N) is 2. The van der Waals surface area contributed by atoms with Gasteiger partial charge < -0.3 is 20.1 Å². The molecule has 0 spiro atoms. The van der Waals surface area contributed by atoms with Crippen LogP contribution in [0.2, 0.25) is 5.02 Å². The largest absolute Gasteiger partial charge is 0.371 e. The Bertz CT molecular complexity index is 967. The highest BCUT2D eigenvalue weighted by molar-refractivity contribution is 6.31. The Kier molecular flexibility index (Phi) is 5.70. The van der Waals surface area contributed by atoms with Crippen molar-refractivity contribution >= 4 is 28.5 Å². The van der Waals surface area contributed by atoms with Gasteiger partial charge in [0.1, 0.15) is 12.4 Å². The summed E-state index contributed by atoms with van der Waals surface area (Å²) in [6, 6.07) is 1.80. The number of aliphatic hydroxyl groups excluding tert-OH is 1. The lowest BCUT2D eigenvalue weighted by molar-refractivity contribution is -0.0242. The standard InChI is InChI=1S/C19H21ClFN5O2/c20-12-5-13-14(7-23-17(13)22-6-12)18-24-8-15(21)19(26-18)25-16-4-2-1-3-11(16)9-28-10-27/h5-8,11,16,27H,1-4,9-10H2,(H,22,23)(H,24,25,26)/t11?,16-/m1/s1. The number of nitrogens with zero attached hydrogens (tertiary/aromatic N) is 3. The van der Waals surface area contributed by atoms with Gasteiger partial charge in [-0.2, -0.15) is 0 Å². The van der Waals surface area contributed by atoms with Gasteiger partial charge in [-0.05, 0) is 18.9 Å². The number of halogens is 2. The van der Waals surface area contributed by atoms with Crippen LogP contribution in [-0.2, 0) is 4.74 Å². The molecule has 1 unspecified atom stereocenters. The highest BCUT2D eigenvalue weighted by atomic mass is 35.5. The minimum Gasteiger partial charge on any atom is -0.371 e. The molecule has 0 aliphatic heterocycles. The highest BCUT2D eigenvalue weighted by Crippen LogP contribution is 2.30. The number of pyridine rings is 1. The van der Waals surface area contributed by atoms with Crippen molar-refractivity contribution in [3.05, 3.63) is 35.5 Å². The minimum atomic E-state index is -0.507. The van der Waals surface area contributed by atoms with Crippen molar-refractivity contribution in [3.8, 4) is 11.4 Å². The van der Waals surface area contributed by atoms with E-state index in [1.807, 2.05) is 0 Å². The van der Waals surface area contributed by atoms with Crippen LogP contribution in [0.1, 0.15) is 25.7 Å². The molecule has 1 fully saturated rings. The summed E-state index contributed by atoms with van der Waals surface area (Å²) in [6.45, 7) is 0.118. The molecule has 4 rings (SSSR count). The first-order chi connectivity index (χ1) is 13.7. The van der Waals surface area contributed by atoms with Crippen molar-refractivity contribution in [2.24, 2.45) is 5.92 Å². The molecule has 1 aliphatic rings. The molecule has 1 aliphatic carbocycles. The minimum absolute atomic E-state index is 0.0247. The number of aliphatic hydroxyl groups is 1. The molecular formula is C19H21ClFN5O2. The fourth-order valence-electron chi connectivity index (χ4n) is 3.74. The van der Waals surface area contributed by atoms with E-state index in [4.69, 9.17) is 21.4 Å². The van der Waals surface area contributed by atoms with Gasteiger partial charge in [0.25, 0.3) is 0 Å². The van der Waals surface area contributed by atoms with Crippen molar-refractivity contribution < 1.29 is 14.2 Å². The predicted molar refractivity (Wildman–Crippen MR) is 104 cm³/mol. The van der Waals surface area contributed by atoms with Crippen molar-refractivity contribution in [3.63, 3.8) is 0 Å². The maximum absolute atomic E-state index is 14.4. The monoisotopic (exact) mass is 405 g/mol. The summed E-state index contributed by atoms with van der Waals surface area (Å²) in [7, 11) is 0. The van der Waals surface area contributed by atoms with Crippen LogP contribution >= 0.6 is 11.6 Å². The summed E-state index contributed by atoms with van der Waals surface area (Å²) in [5.74, 6) is 0.232. The van der Waals surface area contributed by atoms with Gasteiger partial charge in [0, 0.05) is 35.3 Å². The predicted octanol–water partition coefficient (Wildman–Crippen LogP) is 3.75. The Labute approximate surface area is 166 Å². The normalized spacial score (nSPS) is 19.8. The van der Waals surface area contributed by atoms with Gasteiger partial charge in [-0.1, -0.05) is 24.4 Å². The first kappa shape index (κ1) is 19.0. The van der Waals surface area contributed by atoms with Crippen molar-refractivity contribution in [1.82, 2.24) is 19.9 Å². The molecule has 1 saturated carbocycles. The van der Waals surface area contributed by atoms with Gasteiger partial charge in [0.2, 0.25) is 0 Å². The molecule has 0 aromatic carbocycles. The lowest BCUT2D eigenvalue weighted by Crippen LogP contribution is -2.35. The molecule has 0 bridgehead atoms. The quantitative estimate of drug-likeness (QED) is 0.540. The third-order valence-corrected chi connectivity index (χ3v) is 5.34. The summed E-state index contributed by atoms with van der Waals surface area (Å²) in [5, 5.41) is 13.4. The molecule has 3 aromatic rings. The number of anilines is 1.